The molecule has 2 nitrogen and oxygen atoms in total. The van der Waals surface area contributed by atoms with Crippen LogP contribution in [0.15, 0.2) is 36.4 Å². The second kappa shape index (κ2) is 6.25. The molecule has 0 aliphatic rings. The summed E-state index contributed by atoms with van der Waals surface area (Å²) in [6, 6.07) is 10.2. The Hall–Kier alpha value is -1.58. The molecule has 4 heteroatoms. The van der Waals surface area contributed by atoms with E-state index in [1.54, 1.807) is 18.2 Å². The SMILES string of the molecule is Cc1ccc(Cl)cc1Oc1ccc(CC(C)N)cc1F. The number of aryl methyl sites for hydroxylation is 1. The predicted molar refractivity (Wildman–Crippen MR) is 80.0 cm³/mol. The summed E-state index contributed by atoms with van der Waals surface area (Å²) in [6.45, 7) is 3.77. The molecule has 2 aromatic carbocycles. The lowest BCUT2D eigenvalue weighted by molar-refractivity contribution is 0.439. The molecule has 0 aliphatic carbocycles. The molecule has 1 atom stereocenters. The summed E-state index contributed by atoms with van der Waals surface area (Å²) in [5.74, 6) is 0.336. The lowest BCUT2D eigenvalue weighted by Crippen LogP contribution is -2.17. The molecule has 0 saturated heterocycles. The quantitative estimate of drug-likeness (QED) is 0.902. The number of hydrogen-bond acceptors (Lipinski definition) is 2. The molecule has 0 aromatic heterocycles. The van der Waals surface area contributed by atoms with Gasteiger partial charge in [-0.25, -0.2) is 4.39 Å². The highest BCUT2D eigenvalue weighted by molar-refractivity contribution is 6.30. The maximum atomic E-state index is 14.0. The van der Waals surface area contributed by atoms with Gasteiger partial charge in [0, 0.05) is 11.1 Å². The van der Waals surface area contributed by atoms with Crippen molar-refractivity contribution in [2.45, 2.75) is 26.3 Å². The Bertz CT molecular complexity index is 613. The van der Waals surface area contributed by atoms with Gasteiger partial charge in [0.2, 0.25) is 0 Å². The van der Waals surface area contributed by atoms with Gasteiger partial charge in [0.25, 0.3) is 0 Å². The fraction of sp³-hybridized carbons (Fsp3) is 0.250. The van der Waals surface area contributed by atoms with E-state index in [1.165, 1.54) is 6.07 Å². The first-order valence-corrected chi connectivity index (χ1v) is 6.81. The van der Waals surface area contributed by atoms with Gasteiger partial charge < -0.3 is 10.5 Å². The van der Waals surface area contributed by atoms with E-state index in [-0.39, 0.29) is 11.8 Å². The van der Waals surface area contributed by atoms with E-state index in [1.807, 2.05) is 26.0 Å². The molecule has 106 valence electrons. The minimum Gasteiger partial charge on any atom is -0.454 e. The van der Waals surface area contributed by atoms with Crippen molar-refractivity contribution in [3.8, 4) is 11.5 Å². The molecule has 0 spiro atoms. The molecule has 0 heterocycles. The molecule has 1 unspecified atom stereocenters. The number of halogens is 2. The van der Waals surface area contributed by atoms with Gasteiger partial charge in [0.05, 0.1) is 0 Å². The van der Waals surface area contributed by atoms with Crippen LogP contribution in [0.3, 0.4) is 0 Å². The van der Waals surface area contributed by atoms with Crippen molar-refractivity contribution in [3.63, 3.8) is 0 Å². The summed E-state index contributed by atoms with van der Waals surface area (Å²) in [5, 5.41) is 0.555. The third kappa shape index (κ3) is 3.71. The normalized spacial score (nSPS) is 12.2. The Kier molecular flexibility index (Phi) is 4.63. The molecular weight excluding hydrogens is 277 g/mol. The topological polar surface area (TPSA) is 35.2 Å². The van der Waals surface area contributed by atoms with E-state index in [2.05, 4.69) is 0 Å². The fourth-order valence-corrected chi connectivity index (χ4v) is 2.09. The second-order valence-corrected chi connectivity index (χ2v) is 5.39. The minimum absolute atomic E-state index is 0.00339. The summed E-state index contributed by atoms with van der Waals surface area (Å²) < 4.78 is 19.6. The molecule has 0 saturated carbocycles. The number of hydrogen-bond donors (Lipinski definition) is 1. The van der Waals surface area contributed by atoms with Crippen LogP contribution in [0.1, 0.15) is 18.1 Å². The zero-order valence-corrected chi connectivity index (χ0v) is 12.2. The van der Waals surface area contributed by atoms with Gasteiger partial charge in [-0.1, -0.05) is 23.7 Å². The van der Waals surface area contributed by atoms with E-state index in [9.17, 15) is 4.39 Å². The fourth-order valence-electron chi connectivity index (χ4n) is 1.93. The van der Waals surface area contributed by atoms with Crippen molar-refractivity contribution < 1.29 is 9.13 Å². The van der Waals surface area contributed by atoms with Crippen molar-refractivity contribution >= 4 is 11.6 Å². The van der Waals surface area contributed by atoms with Gasteiger partial charge in [-0.2, -0.15) is 0 Å². The van der Waals surface area contributed by atoms with Crippen LogP contribution in [0, 0.1) is 12.7 Å². The molecule has 0 bridgehead atoms. The third-order valence-electron chi connectivity index (χ3n) is 2.92. The van der Waals surface area contributed by atoms with E-state index in [4.69, 9.17) is 22.1 Å². The van der Waals surface area contributed by atoms with Crippen LogP contribution in [0.25, 0.3) is 0 Å². The van der Waals surface area contributed by atoms with Gasteiger partial charge in [-0.15, -0.1) is 0 Å². The minimum atomic E-state index is -0.400. The highest BCUT2D eigenvalue weighted by Gasteiger charge is 2.09. The molecule has 0 fully saturated rings. The van der Waals surface area contributed by atoms with E-state index in [0.717, 1.165) is 11.1 Å². The summed E-state index contributed by atoms with van der Waals surface area (Å²) >= 11 is 5.92. The van der Waals surface area contributed by atoms with Crippen LogP contribution < -0.4 is 10.5 Å². The summed E-state index contributed by atoms with van der Waals surface area (Å²) in [5.41, 5.74) is 7.46. The number of nitrogens with two attached hydrogens (primary N) is 1. The molecule has 2 aromatic rings. The van der Waals surface area contributed by atoms with Crippen LogP contribution in [-0.2, 0) is 6.42 Å². The Balaban J connectivity index is 2.23. The Labute approximate surface area is 123 Å². The van der Waals surface area contributed by atoms with Crippen LogP contribution in [0.4, 0.5) is 4.39 Å². The van der Waals surface area contributed by atoms with Crippen molar-refractivity contribution in [2.75, 3.05) is 0 Å². The first-order valence-electron chi connectivity index (χ1n) is 6.43. The average Bonchev–Trinajstić information content (AvgIpc) is 2.36. The summed E-state index contributed by atoms with van der Waals surface area (Å²) in [4.78, 5) is 0. The Morgan fingerprint density at radius 1 is 1.20 bits per heavy atom. The van der Waals surface area contributed by atoms with Crippen molar-refractivity contribution in [2.24, 2.45) is 5.73 Å². The molecular formula is C16H17ClFNO. The summed E-state index contributed by atoms with van der Waals surface area (Å²) in [7, 11) is 0. The second-order valence-electron chi connectivity index (χ2n) is 4.96. The van der Waals surface area contributed by atoms with Crippen molar-refractivity contribution in [1.29, 1.82) is 0 Å². The van der Waals surface area contributed by atoms with Gasteiger partial charge in [0.1, 0.15) is 5.75 Å². The Morgan fingerprint density at radius 2 is 1.95 bits per heavy atom. The maximum Gasteiger partial charge on any atom is 0.165 e. The standard InChI is InChI=1S/C16H17ClFNO/c1-10-3-5-13(17)9-16(10)20-15-6-4-12(7-11(2)19)8-14(15)18/h3-6,8-9,11H,7,19H2,1-2H3. The van der Waals surface area contributed by atoms with E-state index >= 15 is 0 Å². The van der Waals surface area contributed by atoms with Gasteiger partial charge in [-0.05, 0) is 55.7 Å². The molecule has 2 N–H and O–H groups in total. The lowest BCUT2D eigenvalue weighted by Gasteiger charge is -2.11. The average molecular weight is 294 g/mol. The van der Waals surface area contributed by atoms with Crippen LogP contribution in [0.2, 0.25) is 5.02 Å². The van der Waals surface area contributed by atoms with Crippen molar-refractivity contribution in [3.05, 3.63) is 58.4 Å². The number of rotatable bonds is 4. The van der Waals surface area contributed by atoms with Crippen molar-refractivity contribution in [1.82, 2.24) is 0 Å². The van der Waals surface area contributed by atoms with E-state index in [0.29, 0.717) is 17.2 Å². The van der Waals surface area contributed by atoms with Gasteiger partial charge in [0.15, 0.2) is 11.6 Å². The zero-order chi connectivity index (χ0) is 14.7. The zero-order valence-electron chi connectivity index (χ0n) is 11.5. The van der Waals surface area contributed by atoms with Crippen LogP contribution in [0.5, 0.6) is 11.5 Å². The number of benzene rings is 2. The monoisotopic (exact) mass is 293 g/mol. The molecule has 0 aliphatic heterocycles. The van der Waals surface area contributed by atoms with Gasteiger partial charge >= 0.3 is 0 Å². The maximum absolute atomic E-state index is 14.0. The smallest absolute Gasteiger partial charge is 0.165 e. The highest BCUT2D eigenvalue weighted by atomic mass is 35.5. The molecule has 0 amide bonds. The molecule has 0 radical (unpaired) electrons. The molecule has 20 heavy (non-hydrogen) atoms. The summed E-state index contributed by atoms with van der Waals surface area (Å²) in [6.07, 6.45) is 0.632. The lowest BCUT2D eigenvalue weighted by atomic mass is 10.1. The Morgan fingerprint density at radius 3 is 2.60 bits per heavy atom. The largest absolute Gasteiger partial charge is 0.454 e. The van der Waals surface area contributed by atoms with Crippen LogP contribution >= 0.6 is 11.6 Å². The number of ether oxygens (including phenoxy) is 1. The molecule has 2 rings (SSSR count). The van der Waals surface area contributed by atoms with E-state index < -0.39 is 5.82 Å². The first kappa shape index (κ1) is 14.8. The highest BCUT2D eigenvalue weighted by Crippen LogP contribution is 2.30. The predicted octanol–water partition coefficient (Wildman–Crippen LogP) is 4.47. The van der Waals surface area contributed by atoms with Crippen LogP contribution in [-0.4, -0.2) is 6.04 Å². The van der Waals surface area contributed by atoms with Gasteiger partial charge in [-0.3, -0.25) is 0 Å². The third-order valence-corrected chi connectivity index (χ3v) is 3.16. The first-order chi connectivity index (χ1) is 9.45.